The number of carbonyl (C=O) groups is 1. The number of benzene rings is 1. The number of esters is 1. The predicted molar refractivity (Wildman–Crippen MR) is 73.7 cm³/mol. The number of fused-ring (bicyclic) bond motifs is 1. The van der Waals surface area contributed by atoms with E-state index in [0.717, 1.165) is 16.5 Å². The summed E-state index contributed by atoms with van der Waals surface area (Å²) in [5.41, 5.74) is 0.549. The summed E-state index contributed by atoms with van der Waals surface area (Å²) in [5, 5.41) is 11.5. The Labute approximate surface area is 112 Å². The lowest BCUT2D eigenvalue weighted by atomic mass is 9.90. The minimum Gasteiger partial charge on any atom is -0.466 e. The molecule has 0 amide bonds. The molecule has 0 fully saturated rings. The Morgan fingerprint density at radius 3 is 2.84 bits per heavy atom. The van der Waals surface area contributed by atoms with Crippen LogP contribution in [0.1, 0.15) is 25.8 Å². The zero-order chi connectivity index (χ0) is 14.0. The van der Waals surface area contributed by atoms with E-state index >= 15 is 0 Å². The molecule has 1 atom stereocenters. The first-order valence-corrected chi connectivity index (χ1v) is 6.38. The van der Waals surface area contributed by atoms with Crippen molar-refractivity contribution >= 4 is 16.9 Å². The molecule has 1 aromatic heterocycles. The van der Waals surface area contributed by atoms with Crippen LogP contribution in [0.4, 0.5) is 0 Å². The van der Waals surface area contributed by atoms with Gasteiger partial charge < -0.3 is 14.4 Å². The second-order valence-electron chi connectivity index (χ2n) is 4.92. The molecule has 0 aliphatic carbocycles. The number of hydrogen-bond acceptors (Lipinski definition) is 3. The topological polar surface area (TPSA) is 51.5 Å². The number of carbonyl (C=O) groups excluding carboxylic acids is 1. The maximum absolute atomic E-state index is 11.6. The summed E-state index contributed by atoms with van der Waals surface area (Å²) in [6.45, 7) is 3.72. The Hall–Kier alpha value is -1.81. The number of aliphatic hydroxyl groups is 1. The third kappa shape index (κ3) is 2.63. The fraction of sp³-hybridized carbons (Fsp3) is 0.400. The lowest BCUT2D eigenvalue weighted by Crippen LogP contribution is -2.26. The average molecular weight is 261 g/mol. The maximum Gasteiger partial charge on any atom is 0.309 e. The molecular weight excluding hydrogens is 242 g/mol. The van der Waals surface area contributed by atoms with E-state index in [1.165, 1.54) is 0 Å². The van der Waals surface area contributed by atoms with Crippen molar-refractivity contribution < 1.29 is 14.6 Å². The molecule has 0 aliphatic rings. The Morgan fingerprint density at radius 1 is 1.42 bits per heavy atom. The molecule has 0 aliphatic heterocycles. The first-order valence-electron chi connectivity index (χ1n) is 6.38. The van der Waals surface area contributed by atoms with Crippen molar-refractivity contribution in [3.8, 4) is 0 Å². The second kappa shape index (κ2) is 5.05. The van der Waals surface area contributed by atoms with E-state index < -0.39 is 5.60 Å². The maximum atomic E-state index is 11.6. The molecule has 0 radical (unpaired) electrons. The Balaban J connectivity index is 2.39. The molecule has 0 bridgehead atoms. The highest BCUT2D eigenvalue weighted by Gasteiger charge is 2.29. The molecule has 1 heterocycles. The van der Waals surface area contributed by atoms with Crippen LogP contribution in [-0.2, 0) is 22.2 Å². The summed E-state index contributed by atoms with van der Waals surface area (Å²) in [4.78, 5) is 11.6. The first kappa shape index (κ1) is 13.6. The Bertz CT molecular complexity index is 598. The minimum atomic E-state index is -1.23. The molecule has 1 N–H and O–H groups in total. The average Bonchev–Trinajstić information content (AvgIpc) is 2.71. The summed E-state index contributed by atoms with van der Waals surface area (Å²) in [6, 6.07) is 7.67. The van der Waals surface area contributed by atoms with Crippen LogP contribution >= 0.6 is 0 Å². The quantitative estimate of drug-likeness (QED) is 0.859. The van der Waals surface area contributed by atoms with Gasteiger partial charge in [-0.3, -0.25) is 4.79 Å². The van der Waals surface area contributed by atoms with Gasteiger partial charge in [0, 0.05) is 24.1 Å². The second-order valence-corrected chi connectivity index (χ2v) is 4.92. The van der Waals surface area contributed by atoms with Crippen molar-refractivity contribution in [2.24, 2.45) is 7.05 Å². The van der Waals surface area contributed by atoms with Crippen molar-refractivity contribution in [2.45, 2.75) is 25.9 Å². The molecule has 0 saturated carbocycles. The lowest BCUT2D eigenvalue weighted by molar-refractivity contribution is -0.148. The normalized spacial score (nSPS) is 14.3. The first-order chi connectivity index (χ1) is 8.95. The van der Waals surface area contributed by atoms with Crippen LogP contribution in [0, 0.1) is 0 Å². The number of aromatic nitrogens is 1. The highest BCUT2D eigenvalue weighted by atomic mass is 16.5. The zero-order valence-corrected chi connectivity index (χ0v) is 11.5. The molecule has 0 saturated heterocycles. The van der Waals surface area contributed by atoms with Gasteiger partial charge in [0.1, 0.15) is 0 Å². The molecule has 0 spiro atoms. The molecule has 19 heavy (non-hydrogen) atoms. The number of hydrogen-bond donors (Lipinski definition) is 1. The van der Waals surface area contributed by atoms with Gasteiger partial charge in [-0.25, -0.2) is 0 Å². The lowest BCUT2D eigenvalue weighted by Gasteiger charge is -2.23. The van der Waals surface area contributed by atoms with Crippen LogP contribution in [0.5, 0.6) is 0 Å². The van der Waals surface area contributed by atoms with E-state index in [9.17, 15) is 9.90 Å². The van der Waals surface area contributed by atoms with Gasteiger partial charge in [0.15, 0.2) is 0 Å². The standard InChI is InChI=1S/C15H19NO3/c1-4-19-14(17)10-15(2,18)12-6-5-7-13-11(12)8-9-16(13)3/h5-9,18H,4,10H2,1-3H3. The van der Waals surface area contributed by atoms with Gasteiger partial charge >= 0.3 is 5.97 Å². The van der Waals surface area contributed by atoms with Crippen LogP contribution in [0.2, 0.25) is 0 Å². The monoisotopic (exact) mass is 261 g/mol. The smallest absolute Gasteiger partial charge is 0.309 e. The van der Waals surface area contributed by atoms with E-state index in [1.807, 2.05) is 42.1 Å². The summed E-state index contributed by atoms with van der Waals surface area (Å²) in [5.74, 6) is -0.388. The van der Waals surface area contributed by atoms with Gasteiger partial charge in [0.05, 0.1) is 18.6 Å². The van der Waals surface area contributed by atoms with Gasteiger partial charge in [-0.15, -0.1) is 0 Å². The van der Waals surface area contributed by atoms with Crippen molar-refractivity contribution in [2.75, 3.05) is 6.61 Å². The van der Waals surface area contributed by atoms with E-state index in [1.54, 1.807) is 13.8 Å². The van der Waals surface area contributed by atoms with Gasteiger partial charge in [0.25, 0.3) is 0 Å². The van der Waals surface area contributed by atoms with E-state index in [-0.39, 0.29) is 12.4 Å². The van der Waals surface area contributed by atoms with Gasteiger partial charge in [-0.1, -0.05) is 12.1 Å². The molecule has 1 unspecified atom stereocenters. The third-order valence-electron chi connectivity index (χ3n) is 3.30. The summed E-state index contributed by atoms with van der Waals surface area (Å²) in [6.07, 6.45) is 1.89. The van der Waals surface area contributed by atoms with Crippen LogP contribution < -0.4 is 0 Å². The molecular formula is C15H19NO3. The van der Waals surface area contributed by atoms with Crippen molar-refractivity contribution in [3.05, 3.63) is 36.0 Å². The highest BCUT2D eigenvalue weighted by molar-refractivity contribution is 5.85. The van der Waals surface area contributed by atoms with Crippen LogP contribution in [0.25, 0.3) is 10.9 Å². The van der Waals surface area contributed by atoms with E-state index in [0.29, 0.717) is 6.61 Å². The van der Waals surface area contributed by atoms with E-state index in [2.05, 4.69) is 0 Å². The molecule has 102 valence electrons. The summed E-state index contributed by atoms with van der Waals surface area (Å²) in [7, 11) is 1.95. The van der Waals surface area contributed by atoms with Crippen LogP contribution in [-0.4, -0.2) is 22.2 Å². The van der Waals surface area contributed by atoms with Crippen LogP contribution in [0.15, 0.2) is 30.5 Å². The molecule has 2 rings (SSSR count). The van der Waals surface area contributed by atoms with Crippen LogP contribution in [0.3, 0.4) is 0 Å². The number of rotatable bonds is 4. The van der Waals surface area contributed by atoms with Crippen molar-refractivity contribution in [1.29, 1.82) is 0 Å². The number of ether oxygens (including phenoxy) is 1. The number of nitrogens with zero attached hydrogens (tertiary/aromatic N) is 1. The summed E-state index contributed by atoms with van der Waals surface area (Å²) >= 11 is 0. The van der Waals surface area contributed by atoms with E-state index in [4.69, 9.17) is 4.74 Å². The van der Waals surface area contributed by atoms with Gasteiger partial charge in [-0.2, -0.15) is 0 Å². The van der Waals surface area contributed by atoms with Gasteiger partial charge in [0.2, 0.25) is 0 Å². The summed E-state index contributed by atoms with van der Waals surface area (Å²) < 4.78 is 6.90. The fourth-order valence-corrected chi connectivity index (χ4v) is 2.36. The Kier molecular flexibility index (Phi) is 3.62. The van der Waals surface area contributed by atoms with Crippen molar-refractivity contribution in [3.63, 3.8) is 0 Å². The largest absolute Gasteiger partial charge is 0.466 e. The SMILES string of the molecule is CCOC(=O)CC(C)(O)c1cccc2c1ccn2C. The number of aryl methyl sites for hydroxylation is 1. The molecule has 4 nitrogen and oxygen atoms in total. The zero-order valence-electron chi connectivity index (χ0n) is 11.5. The molecule has 1 aromatic carbocycles. The Morgan fingerprint density at radius 2 is 2.16 bits per heavy atom. The minimum absolute atomic E-state index is 0.0468. The predicted octanol–water partition coefficient (Wildman–Crippen LogP) is 2.34. The fourth-order valence-electron chi connectivity index (χ4n) is 2.36. The van der Waals surface area contributed by atoms with Gasteiger partial charge in [-0.05, 0) is 31.5 Å². The van der Waals surface area contributed by atoms with Crippen molar-refractivity contribution in [1.82, 2.24) is 4.57 Å². The molecule has 2 aromatic rings. The third-order valence-corrected chi connectivity index (χ3v) is 3.30. The molecule has 4 heteroatoms. The highest BCUT2D eigenvalue weighted by Crippen LogP contribution is 2.31.